The number of hydrogen-bond acceptors (Lipinski definition) is 4. The normalized spacial score (nSPS) is 14.6. The summed E-state index contributed by atoms with van der Waals surface area (Å²) < 4.78 is 16.5. The summed E-state index contributed by atoms with van der Waals surface area (Å²) in [7, 11) is 3.01. The first-order valence-corrected chi connectivity index (χ1v) is 10.2. The van der Waals surface area contributed by atoms with Gasteiger partial charge in [0, 0.05) is 10.6 Å². The molecule has 0 heterocycles. The highest BCUT2D eigenvalue weighted by molar-refractivity contribution is 6.30. The molecule has 5 heteroatoms. The second-order valence-corrected chi connectivity index (χ2v) is 7.48. The molecule has 29 heavy (non-hydrogen) atoms. The second kappa shape index (κ2) is 10.2. The van der Waals surface area contributed by atoms with Crippen LogP contribution in [0.15, 0.2) is 42.5 Å². The molecule has 1 atom stereocenters. The number of methoxy groups -OCH3 is 2. The van der Waals surface area contributed by atoms with Crippen LogP contribution in [0.25, 0.3) is 0 Å². The average Bonchev–Trinajstić information content (AvgIpc) is 3.25. The lowest BCUT2D eigenvalue weighted by atomic mass is 9.95. The Labute approximate surface area is 177 Å². The van der Waals surface area contributed by atoms with Crippen LogP contribution in [0.1, 0.15) is 49.1 Å². The van der Waals surface area contributed by atoms with Crippen molar-refractivity contribution >= 4 is 17.6 Å². The fourth-order valence-electron chi connectivity index (χ4n) is 3.39. The highest BCUT2D eigenvalue weighted by Gasteiger charge is 2.21. The highest BCUT2D eigenvalue weighted by Crippen LogP contribution is 2.35. The Bertz CT molecular complexity index is 889. The van der Waals surface area contributed by atoms with Gasteiger partial charge in [-0.15, -0.1) is 0 Å². The van der Waals surface area contributed by atoms with Gasteiger partial charge in [0.1, 0.15) is 0 Å². The van der Waals surface area contributed by atoms with Crippen LogP contribution in [0.2, 0.25) is 5.02 Å². The van der Waals surface area contributed by atoms with E-state index in [0.29, 0.717) is 16.5 Å². The molecule has 1 aliphatic rings. The molecule has 0 radical (unpaired) electrons. The third-order valence-corrected chi connectivity index (χ3v) is 5.27. The summed E-state index contributed by atoms with van der Waals surface area (Å²) in [5.74, 6) is 7.08. The van der Waals surface area contributed by atoms with Gasteiger partial charge in [-0.1, -0.05) is 29.5 Å². The molecule has 1 fully saturated rings. The summed E-state index contributed by atoms with van der Waals surface area (Å²) in [5, 5.41) is 0.658. The molecule has 1 aliphatic carbocycles. The summed E-state index contributed by atoms with van der Waals surface area (Å²) in [6, 6.07) is 13.0. The Morgan fingerprint density at radius 2 is 1.83 bits per heavy atom. The summed E-state index contributed by atoms with van der Waals surface area (Å²) in [6.07, 6.45) is 4.84. The molecule has 1 saturated carbocycles. The van der Waals surface area contributed by atoms with Crippen molar-refractivity contribution in [1.82, 2.24) is 0 Å². The van der Waals surface area contributed by atoms with Gasteiger partial charge in [0.05, 0.1) is 32.7 Å². The van der Waals surface area contributed by atoms with E-state index in [0.717, 1.165) is 24.0 Å². The summed E-state index contributed by atoms with van der Waals surface area (Å²) in [6.45, 7) is 0. The molecule has 0 aromatic heterocycles. The molecule has 2 aromatic carbocycles. The van der Waals surface area contributed by atoms with Crippen LogP contribution in [0.4, 0.5) is 0 Å². The van der Waals surface area contributed by atoms with Crippen LogP contribution in [0, 0.1) is 11.8 Å². The van der Waals surface area contributed by atoms with E-state index in [9.17, 15) is 4.79 Å². The zero-order valence-corrected chi connectivity index (χ0v) is 17.5. The van der Waals surface area contributed by atoms with Crippen molar-refractivity contribution in [3.05, 3.63) is 58.6 Å². The Hall–Kier alpha value is -2.64. The van der Waals surface area contributed by atoms with Crippen LogP contribution in [-0.4, -0.2) is 26.3 Å². The first kappa shape index (κ1) is 21.1. The quantitative estimate of drug-likeness (QED) is 0.472. The van der Waals surface area contributed by atoms with Gasteiger partial charge >= 0.3 is 5.97 Å². The monoisotopic (exact) mass is 412 g/mol. The SMILES string of the molecule is COC(=O)C[C@H](C#Cc1ccc(Cl)cc1)c1ccc(OC)c(OC2CCCC2)c1. The number of ether oxygens (including phenoxy) is 3. The minimum Gasteiger partial charge on any atom is -0.493 e. The maximum atomic E-state index is 12.0. The fourth-order valence-corrected chi connectivity index (χ4v) is 3.52. The number of carbonyl (C=O) groups is 1. The second-order valence-electron chi connectivity index (χ2n) is 7.04. The van der Waals surface area contributed by atoms with Crippen molar-refractivity contribution < 1.29 is 19.0 Å². The Balaban J connectivity index is 1.89. The topological polar surface area (TPSA) is 44.8 Å². The molecule has 3 rings (SSSR count). The van der Waals surface area contributed by atoms with E-state index in [1.165, 1.54) is 20.0 Å². The molecular weight excluding hydrogens is 388 g/mol. The van der Waals surface area contributed by atoms with Gasteiger partial charge < -0.3 is 14.2 Å². The van der Waals surface area contributed by atoms with Crippen molar-refractivity contribution in [3.8, 4) is 23.3 Å². The lowest BCUT2D eigenvalue weighted by Crippen LogP contribution is -2.12. The van der Waals surface area contributed by atoms with Gasteiger partial charge in [-0.25, -0.2) is 0 Å². The van der Waals surface area contributed by atoms with Gasteiger partial charge in [0.15, 0.2) is 11.5 Å². The van der Waals surface area contributed by atoms with E-state index in [1.54, 1.807) is 19.2 Å². The molecule has 152 valence electrons. The van der Waals surface area contributed by atoms with Crippen molar-refractivity contribution in [3.63, 3.8) is 0 Å². The molecule has 0 unspecified atom stereocenters. The molecular formula is C24H25ClO4. The average molecular weight is 413 g/mol. The van der Waals surface area contributed by atoms with Gasteiger partial charge in [-0.05, 0) is 67.6 Å². The molecule has 0 bridgehead atoms. The van der Waals surface area contributed by atoms with E-state index >= 15 is 0 Å². The van der Waals surface area contributed by atoms with Crippen LogP contribution < -0.4 is 9.47 Å². The molecule has 2 aromatic rings. The number of hydrogen-bond donors (Lipinski definition) is 0. The highest BCUT2D eigenvalue weighted by atomic mass is 35.5. The van der Waals surface area contributed by atoms with Crippen LogP contribution in [-0.2, 0) is 9.53 Å². The van der Waals surface area contributed by atoms with E-state index in [2.05, 4.69) is 11.8 Å². The predicted molar refractivity (Wildman–Crippen MR) is 114 cm³/mol. The minimum absolute atomic E-state index is 0.159. The fraction of sp³-hybridized carbons (Fsp3) is 0.375. The van der Waals surface area contributed by atoms with E-state index in [1.807, 2.05) is 30.3 Å². The van der Waals surface area contributed by atoms with E-state index in [4.69, 9.17) is 25.8 Å². The number of halogens is 1. The van der Waals surface area contributed by atoms with Crippen molar-refractivity contribution in [2.24, 2.45) is 0 Å². The number of rotatable bonds is 6. The lowest BCUT2D eigenvalue weighted by Gasteiger charge is -2.18. The molecule has 4 nitrogen and oxygen atoms in total. The molecule has 0 amide bonds. The molecule has 0 N–H and O–H groups in total. The van der Waals surface area contributed by atoms with E-state index in [-0.39, 0.29) is 24.4 Å². The summed E-state index contributed by atoms with van der Waals surface area (Å²) >= 11 is 5.94. The van der Waals surface area contributed by atoms with Gasteiger partial charge in [-0.2, -0.15) is 0 Å². The van der Waals surface area contributed by atoms with Crippen molar-refractivity contribution in [2.45, 2.75) is 44.1 Å². The Kier molecular flexibility index (Phi) is 7.43. The van der Waals surface area contributed by atoms with Crippen LogP contribution >= 0.6 is 11.6 Å². The van der Waals surface area contributed by atoms with Gasteiger partial charge in [-0.3, -0.25) is 4.79 Å². The van der Waals surface area contributed by atoms with Gasteiger partial charge in [0.2, 0.25) is 0 Å². The maximum absolute atomic E-state index is 12.0. The number of benzene rings is 2. The third-order valence-electron chi connectivity index (χ3n) is 5.02. The first-order chi connectivity index (χ1) is 14.1. The van der Waals surface area contributed by atoms with Crippen LogP contribution in [0.5, 0.6) is 11.5 Å². The molecule has 0 saturated heterocycles. The lowest BCUT2D eigenvalue weighted by molar-refractivity contribution is -0.140. The zero-order valence-electron chi connectivity index (χ0n) is 16.7. The number of esters is 1. The van der Waals surface area contributed by atoms with Crippen LogP contribution in [0.3, 0.4) is 0 Å². The maximum Gasteiger partial charge on any atom is 0.307 e. The number of carbonyl (C=O) groups excluding carboxylic acids is 1. The minimum atomic E-state index is -0.324. The Morgan fingerprint density at radius 1 is 1.10 bits per heavy atom. The zero-order chi connectivity index (χ0) is 20.6. The smallest absolute Gasteiger partial charge is 0.307 e. The van der Waals surface area contributed by atoms with Gasteiger partial charge in [0.25, 0.3) is 0 Å². The summed E-state index contributed by atoms with van der Waals surface area (Å²) in [4.78, 5) is 12.0. The predicted octanol–water partition coefficient (Wildman–Crippen LogP) is 5.37. The van der Waals surface area contributed by atoms with Crippen molar-refractivity contribution in [1.29, 1.82) is 0 Å². The standard InChI is InChI=1S/C24H25ClO4/c1-27-22-14-11-18(15-23(22)29-21-5-3-4-6-21)19(16-24(26)28-2)10-7-17-8-12-20(25)13-9-17/h8-9,11-15,19,21H,3-6,16H2,1-2H3/t19-/m0/s1. The first-order valence-electron chi connectivity index (χ1n) is 9.77. The largest absolute Gasteiger partial charge is 0.493 e. The van der Waals surface area contributed by atoms with Crippen molar-refractivity contribution in [2.75, 3.05) is 14.2 Å². The molecule has 0 spiro atoms. The third kappa shape index (κ3) is 5.92. The molecule has 0 aliphatic heterocycles. The summed E-state index contributed by atoms with van der Waals surface area (Å²) in [5.41, 5.74) is 1.73. The Morgan fingerprint density at radius 3 is 2.48 bits per heavy atom. The van der Waals surface area contributed by atoms with E-state index < -0.39 is 0 Å².